The summed E-state index contributed by atoms with van der Waals surface area (Å²) in [6, 6.07) is 5.93. The summed E-state index contributed by atoms with van der Waals surface area (Å²) in [5.74, 6) is 1.59. The lowest BCUT2D eigenvalue weighted by Gasteiger charge is -2.00. The van der Waals surface area contributed by atoms with E-state index < -0.39 is 0 Å². The molecule has 0 radical (unpaired) electrons. The van der Waals surface area contributed by atoms with E-state index in [1.165, 1.54) is 0 Å². The molecule has 0 aliphatic carbocycles. The van der Waals surface area contributed by atoms with Gasteiger partial charge in [0.2, 0.25) is 6.79 Å². The summed E-state index contributed by atoms with van der Waals surface area (Å²) < 4.78 is 10.8. The van der Waals surface area contributed by atoms with Crippen LogP contribution in [-0.2, 0) is 13.1 Å². The van der Waals surface area contributed by atoms with E-state index in [0.29, 0.717) is 6.79 Å². The van der Waals surface area contributed by atoms with E-state index in [-0.39, 0.29) is 0 Å². The molecule has 1 N–H and O–H groups in total. The number of nitrogens with one attached hydrogen (secondary N) is 1. The number of hydrogen-bond acceptors (Lipinski definition) is 7. The molecule has 0 amide bonds. The van der Waals surface area contributed by atoms with Gasteiger partial charge in [-0.3, -0.25) is 0 Å². The number of thiazole rings is 2. The molecule has 0 saturated carbocycles. The quantitative estimate of drug-likeness (QED) is 0.766. The summed E-state index contributed by atoms with van der Waals surface area (Å²) in [4.78, 5) is 9.12. The zero-order chi connectivity index (χ0) is 15.6. The van der Waals surface area contributed by atoms with Crippen LogP contribution in [-0.4, -0.2) is 16.8 Å². The fourth-order valence-corrected chi connectivity index (χ4v) is 3.79. The number of ether oxygens (including phenoxy) is 2. The summed E-state index contributed by atoms with van der Waals surface area (Å²) >= 11 is 3.31. The second kappa shape index (κ2) is 6.27. The monoisotopic (exact) mass is 345 g/mol. The molecule has 1 aliphatic rings. The largest absolute Gasteiger partial charge is 0.454 e. The Hall–Kier alpha value is -1.96. The lowest BCUT2D eigenvalue weighted by Crippen LogP contribution is -2.13. The molecule has 1 aromatic carbocycles. The van der Waals surface area contributed by atoms with Crippen molar-refractivity contribution < 1.29 is 9.47 Å². The van der Waals surface area contributed by atoms with Crippen molar-refractivity contribution in [3.05, 3.63) is 45.4 Å². The van der Waals surface area contributed by atoms with Crippen molar-refractivity contribution in [2.45, 2.75) is 20.0 Å². The Labute approximate surface area is 141 Å². The van der Waals surface area contributed by atoms with Crippen molar-refractivity contribution in [1.29, 1.82) is 0 Å². The molecule has 0 atom stereocenters. The van der Waals surface area contributed by atoms with Gasteiger partial charge < -0.3 is 14.8 Å². The van der Waals surface area contributed by atoms with Gasteiger partial charge in [0.05, 0.1) is 16.4 Å². The van der Waals surface area contributed by atoms with Gasteiger partial charge in [0.1, 0.15) is 5.01 Å². The predicted octanol–water partition coefficient (Wildman–Crippen LogP) is 3.59. The highest BCUT2D eigenvalue weighted by Crippen LogP contribution is 2.36. The van der Waals surface area contributed by atoms with Crippen molar-refractivity contribution in [1.82, 2.24) is 15.3 Å². The molecule has 0 unspecified atom stereocenters. The van der Waals surface area contributed by atoms with Gasteiger partial charge >= 0.3 is 0 Å². The maximum Gasteiger partial charge on any atom is 0.231 e. The third-order valence-corrected chi connectivity index (χ3v) is 5.21. The molecule has 1 aliphatic heterocycles. The topological polar surface area (TPSA) is 56.3 Å². The highest BCUT2D eigenvalue weighted by molar-refractivity contribution is 7.13. The first kappa shape index (κ1) is 14.6. The molecule has 7 heteroatoms. The molecule has 5 nitrogen and oxygen atoms in total. The molecule has 0 fully saturated rings. The van der Waals surface area contributed by atoms with E-state index in [1.54, 1.807) is 22.7 Å². The van der Waals surface area contributed by atoms with Crippen LogP contribution in [0, 0.1) is 6.92 Å². The third kappa shape index (κ3) is 3.21. The highest BCUT2D eigenvalue weighted by atomic mass is 32.1. The molecule has 0 saturated heterocycles. The minimum absolute atomic E-state index is 0.294. The van der Waals surface area contributed by atoms with Crippen molar-refractivity contribution in [3.8, 4) is 22.1 Å². The van der Waals surface area contributed by atoms with E-state index in [1.807, 2.05) is 25.1 Å². The Morgan fingerprint density at radius 3 is 2.65 bits per heavy atom. The van der Waals surface area contributed by atoms with E-state index in [2.05, 4.69) is 26.0 Å². The number of fused-ring (bicyclic) bond motifs is 1. The normalized spacial score (nSPS) is 12.7. The molecule has 4 rings (SSSR count). The van der Waals surface area contributed by atoms with E-state index >= 15 is 0 Å². The van der Waals surface area contributed by atoms with Gasteiger partial charge in [-0.05, 0) is 25.1 Å². The number of benzene rings is 1. The first-order valence-electron chi connectivity index (χ1n) is 7.24. The van der Waals surface area contributed by atoms with Crippen molar-refractivity contribution in [2.75, 3.05) is 6.79 Å². The van der Waals surface area contributed by atoms with Crippen LogP contribution in [0.1, 0.15) is 16.4 Å². The molecule has 3 aromatic rings. The number of rotatable bonds is 5. The van der Waals surface area contributed by atoms with E-state index in [0.717, 1.165) is 51.6 Å². The standard InChI is InChI=1S/C16H15N3O2S2/c1-10-18-12(7-22-10)5-17-6-13-8-23-16(19-13)11-2-3-14-15(4-11)21-9-20-14/h2-4,7-8,17H,5-6,9H2,1H3. The molecule has 23 heavy (non-hydrogen) atoms. The summed E-state index contributed by atoms with van der Waals surface area (Å²) in [6.07, 6.45) is 0. The smallest absolute Gasteiger partial charge is 0.231 e. The molecular weight excluding hydrogens is 330 g/mol. The van der Waals surface area contributed by atoms with Crippen molar-refractivity contribution in [2.24, 2.45) is 0 Å². The summed E-state index contributed by atoms with van der Waals surface area (Å²) in [6.45, 7) is 3.81. The zero-order valence-electron chi connectivity index (χ0n) is 12.5. The Bertz CT molecular complexity index is 828. The lowest BCUT2D eigenvalue weighted by molar-refractivity contribution is 0.174. The van der Waals surface area contributed by atoms with Gasteiger partial charge in [-0.1, -0.05) is 0 Å². The first-order chi connectivity index (χ1) is 11.3. The molecule has 0 spiro atoms. The number of nitrogens with zero attached hydrogens (tertiary/aromatic N) is 2. The second-order valence-corrected chi connectivity index (χ2v) is 7.09. The highest BCUT2D eigenvalue weighted by Gasteiger charge is 2.15. The Kier molecular flexibility index (Phi) is 3.99. The molecule has 0 bridgehead atoms. The molecule has 118 valence electrons. The number of aromatic nitrogens is 2. The van der Waals surface area contributed by atoms with Crippen LogP contribution in [0.3, 0.4) is 0 Å². The molecular formula is C16H15N3O2S2. The number of hydrogen-bond donors (Lipinski definition) is 1. The van der Waals surface area contributed by atoms with Crippen LogP contribution >= 0.6 is 22.7 Å². The van der Waals surface area contributed by atoms with Crippen LogP contribution < -0.4 is 14.8 Å². The fourth-order valence-electron chi connectivity index (χ4n) is 2.36. The second-order valence-electron chi connectivity index (χ2n) is 5.17. The Morgan fingerprint density at radius 2 is 1.83 bits per heavy atom. The van der Waals surface area contributed by atoms with E-state index in [4.69, 9.17) is 9.47 Å². The zero-order valence-corrected chi connectivity index (χ0v) is 14.2. The Morgan fingerprint density at radius 1 is 1.04 bits per heavy atom. The number of aryl methyl sites for hydroxylation is 1. The lowest BCUT2D eigenvalue weighted by atomic mass is 10.2. The average molecular weight is 345 g/mol. The van der Waals surface area contributed by atoms with Gasteiger partial charge in [-0.15, -0.1) is 22.7 Å². The first-order valence-corrected chi connectivity index (χ1v) is 9.00. The van der Waals surface area contributed by atoms with Gasteiger partial charge in [-0.25, -0.2) is 9.97 Å². The summed E-state index contributed by atoms with van der Waals surface area (Å²) in [5, 5.41) is 9.64. The minimum atomic E-state index is 0.294. The van der Waals surface area contributed by atoms with Crippen LogP contribution in [0.25, 0.3) is 10.6 Å². The van der Waals surface area contributed by atoms with Gasteiger partial charge in [-0.2, -0.15) is 0 Å². The van der Waals surface area contributed by atoms with Gasteiger partial charge in [0.15, 0.2) is 11.5 Å². The maximum absolute atomic E-state index is 5.42. The van der Waals surface area contributed by atoms with Crippen molar-refractivity contribution >= 4 is 22.7 Å². The summed E-state index contributed by atoms with van der Waals surface area (Å²) in [7, 11) is 0. The minimum Gasteiger partial charge on any atom is -0.454 e. The van der Waals surface area contributed by atoms with Crippen LogP contribution in [0.15, 0.2) is 29.0 Å². The van der Waals surface area contributed by atoms with E-state index in [9.17, 15) is 0 Å². The van der Waals surface area contributed by atoms with Crippen LogP contribution in [0.5, 0.6) is 11.5 Å². The van der Waals surface area contributed by atoms with Gasteiger partial charge in [0, 0.05) is 29.4 Å². The Balaban J connectivity index is 1.40. The maximum atomic E-state index is 5.42. The van der Waals surface area contributed by atoms with Crippen LogP contribution in [0.4, 0.5) is 0 Å². The van der Waals surface area contributed by atoms with Crippen LogP contribution in [0.2, 0.25) is 0 Å². The third-order valence-electron chi connectivity index (χ3n) is 3.45. The van der Waals surface area contributed by atoms with Crippen molar-refractivity contribution in [3.63, 3.8) is 0 Å². The average Bonchev–Trinajstić information content (AvgIpc) is 3.27. The summed E-state index contributed by atoms with van der Waals surface area (Å²) in [5.41, 5.74) is 3.17. The van der Waals surface area contributed by atoms with Gasteiger partial charge in [0.25, 0.3) is 0 Å². The predicted molar refractivity (Wildman–Crippen MR) is 91.1 cm³/mol. The molecule has 2 aromatic heterocycles. The molecule has 3 heterocycles. The SMILES string of the molecule is Cc1nc(CNCc2csc(-c3ccc4c(c3)OCO4)n2)cs1. The fraction of sp³-hybridized carbons (Fsp3) is 0.250.